The van der Waals surface area contributed by atoms with E-state index in [1.54, 1.807) is 13.0 Å². The lowest BCUT2D eigenvalue weighted by Gasteiger charge is -2.02. The molecular weight excluding hydrogens is 206 g/mol. The molecular formula is C8H6ClN3O2. The van der Waals surface area contributed by atoms with Gasteiger partial charge in [0.2, 0.25) is 0 Å². The molecule has 1 heterocycles. The maximum atomic E-state index is 11.2. The highest BCUT2D eigenvalue weighted by Crippen LogP contribution is 2.16. The lowest BCUT2D eigenvalue weighted by Crippen LogP contribution is -2.09. The van der Waals surface area contributed by atoms with E-state index in [0.717, 1.165) is 6.33 Å². The van der Waals surface area contributed by atoms with Gasteiger partial charge >= 0.3 is 5.97 Å². The van der Waals surface area contributed by atoms with E-state index in [1.807, 2.05) is 0 Å². The van der Waals surface area contributed by atoms with Crippen molar-refractivity contribution in [1.82, 2.24) is 9.97 Å². The number of halogens is 1. The van der Waals surface area contributed by atoms with Crippen LogP contribution >= 0.6 is 11.6 Å². The van der Waals surface area contributed by atoms with Gasteiger partial charge in [-0.05, 0) is 6.92 Å². The highest BCUT2D eigenvalue weighted by atomic mass is 35.5. The van der Waals surface area contributed by atoms with Crippen LogP contribution in [0.3, 0.4) is 0 Å². The minimum absolute atomic E-state index is 0.0373. The van der Waals surface area contributed by atoms with Crippen LogP contribution in [0.4, 0.5) is 0 Å². The minimum Gasteiger partial charge on any atom is -0.461 e. The molecule has 5 nitrogen and oxygen atoms in total. The molecule has 0 fully saturated rings. The molecule has 0 bridgehead atoms. The Morgan fingerprint density at radius 3 is 3.00 bits per heavy atom. The number of ether oxygens (including phenoxy) is 1. The lowest BCUT2D eigenvalue weighted by atomic mass is 10.3. The molecule has 6 heteroatoms. The van der Waals surface area contributed by atoms with E-state index < -0.39 is 5.97 Å². The quantitative estimate of drug-likeness (QED) is 0.687. The topological polar surface area (TPSA) is 75.9 Å². The van der Waals surface area contributed by atoms with Crippen molar-refractivity contribution in [2.75, 3.05) is 6.61 Å². The van der Waals surface area contributed by atoms with Crippen molar-refractivity contribution in [3.8, 4) is 6.07 Å². The van der Waals surface area contributed by atoms with Crippen LogP contribution in [-0.2, 0) is 4.74 Å². The number of carbonyl (C=O) groups excluding carboxylic acids is 1. The monoisotopic (exact) mass is 211 g/mol. The van der Waals surface area contributed by atoms with Crippen LogP contribution in [0.5, 0.6) is 0 Å². The van der Waals surface area contributed by atoms with Gasteiger partial charge in [0.25, 0.3) is 0 Å². The first kappa shape index (κ1) is 10.4. The molecule has 1 aromatic heterocycles. The molecule has 0 aromatic carbocycles. The summed E-state index contributed by atoms with van der Waals surface area (Å²) in [6.45, 7) is 1.89. The molecule has 0 saturated heterocycles. The lowest BCUT2D eigenvalue weighted by molar-refractivity contribution is 0.0519. The molecule has 0 aliphatic carbocycles. The Bertz CT molecular complexity index is 400. The molecule has 1 aromatic rings. The molecule has 1 rings (SSSR count). The number of hydrogen-bond acceptors (Lipinski definition) is 5. The van der Waals surface area contributed by atoms with Crippen molar-refractivity contribution in [3.63, 3.8) is 0 Å². The van der Waals surface area contributed by atoms with Gasteiger partial charge in [0.15, 0.2) is 11.4 Å². The molecule has 0 aliphatic heterocycles. The summed E-state index contributed by atoms with van der Waals surface area (Å²) in [7, 11) is 0. The Hall–Kier alpha value is -1.67. The largest absolute Gasteiger partial charge is 0.461 e. The third-order valence-electron chi connectivity index (χ3n) is 1.36. The van der Waals surface area contributed by atoms with Crippen molar-refractivity contribution in [3.05, 3.63) is 22.7 Å². The van der Waals surface area contributed by atoms with E-state index in [2.05, 4.69) is 14.7 Å². The van der Waals surface area contributed by atoms with E-state index >= 15 is 0 Å². The predicted molar refractivity (Wildman–Crippen MR) is 47.7 cm³/mol. The van der Waals surface area contributed by atoms with Crippen LogP contribution in [0.2, 0.25) is 5.02 Å². The summed E-state index contributed by atoms with van der Waals surface area (Å²) >= 11 is 5.69. The second kappa shape index (κ2) is 4.53. The molecule has 0 atom stereocenters. The fraction of sp³-hybridized carbons (Fsp3) is 0.250. The number of nitriles is 1. The number of esters is 1. The molecule has 0 N–H and O–H groups in total. The van der Waals surface area contributed by atoms with Gasteiger partial charge in [-0.3, -0.25) is 0 Å². The molecule has 0 aliphatic rings. The summed E-state index contributed by atoms with van der Waals surface area (Å²) in [5, 5.41) is 8.50. The fourth-order valence-electron chi connectivity index (χ4n) is 0.790. The van der Waals surface area contributed by atoms with Crippen molar-refractivity contribution >= 4 is 17.6 Å². The molecule has 0 spiro atoms. The first-order valence-corrected chi connectivity index (χ1v) is 4.16. The number of hydrogen-bond donors (Lipinski definition) is 0. The van der Waals surface area contributed by atoms with Gasteiger partial charge in [-0.1, -0.05) is 11.6 Å². The van der Waals surface area contributed by atoms with Gasteiger partial charge in [-0.15, -0.1) is 0 Å². The predicted octanol–water partition coefficient (Wildman–Crippen LogP) is 1.18. The van der Waals surface area contributed by atoms with E-state index in [1.165, 1.54) is 0 Å². The summed E-state index contributed by atoms with van der Waals surface area (Å²) in [4.78, 5) is 18.5. The Labute approximate surface area is 85.3 Å². The molecule has 0 saturated carbocycles. The van der Waals surface area contributed by atoms with Crippen LogP contribution in [0.1, 0.15) is 23.1 Å². The van der Waals surface area contributed by atoms with Gasteiger partial charge < -0.3 is 4.74 Å². The van der Waals surface area contributed by atoms with E-state index in [-0.39, 0.29) is 23.0 Å². The zero-order chi connectivity index (χ0) is 10.6. The maximum Gasteiger partial charge on any atom is 0.358 e. The average Bonchev–Trinajstić information content (AvgIpc) is 2.18. The summed E-state index contributed by atoms with van der Waals surface area (Å²) in [5.74, 6) is -0.656. The Balaban J connectivity index is 3.11. The Kier molecular flexibility index (Phi) is 3.37. The molecule has 0 amide bonds. The smallest absolute Gasteiger partial charge is 0.358 e. The minimum atomic E-state index is -0.656. The van der Waals surface area contributed by atoms with Crippen molar-refractivity contribution in [1.29, 1.82) is 5.26 Å². The number of aromatic nitrogens is 2. The standard InChI is InChI=1S/C8H6ClN3O2/c1-2-14-8(13)7-6(9)5(3-10)11-4-12-7/h4H,2H2,1H3. The number of nitrogens with zero attached hydrogens (tertiary/aromatic N) is 3. The van der Waals surface area contributed by atoms with Gasteiger partial charge in [-0.2, -0.15) is 5.26 Å². The first-order valence-electron chi connectivity index (χ1n) is 3.78. The van der Waals surface area contributed by atoms with Crippen LogP contribution in [-0.4, -0.2) is 22.5 Å². The van der Waals surface area contributed by atoms with E-state index in [0.29, 0.717) is 0 Å². The Morgan fingerprint density at radius 2 is 2.43 bits per heavy atom. The van der Waals surface area contributed by atoms with Gasteiger partial charge in [0, 0.05) is 0 Å². The second-order valence-corrected chi connectivity index (χ2v) is 2.60. The van der Waals surface area contributed by atoms with Gasteiger partial charge in [-0.25, -0.2) is 14.8 Å². The van der Waals surface area contributed by atoms with Crippen molar-refractivity contribution < 1.29 is 9.53 Å². The molecule has 0 radical (unpaired) electrons. The zero-order valence-corrected chi connectivity index (χ0v) is 8.08. The van der Waals surface area contributed by atoms with E-state index in [9.17, 15) is 4.79 Å². The van der Waals surface area contributed by atoms with Crippen LogP contribution < -0.4 is 0 Å². The van der Waals surface area contributed by atoms with Crippen LogP contribution in [0, 0.1) is 11.3 Å². The van der Waals surface area contributed by atoms with Crippen LogP contribution in [0.15, 0.2) is 6.33 Å². The zero-order valence-electron chi connectivity index (χ0n) is 7.32. The molecule has 14 heavy (non-hydrogen) atoms. The van der Waals surface area contributed by atoms with Crippen molar-refractivity contribution in [2.45, 2.75) is 6.92 Å². The van der Waals surface area contributed by atoms with Gasteiger partial charge in [0.05, 0.1) is 6.61 Å². The SMILES string of the molecule is CCOC(=O)c1ncnc(C#N)c1Cl. The van der Waals surface area contributed by atoms with Crippen LogP contribution in [0.25, 0.3) is 0 Å². The summed E-state index contributed by atoms with van der Waals surface area (Å²) in [6.07, 6.45) is 1.09. The van der Waals surface area contributed by atoms with Gasteiger partial charge in [0.1, 0.15) is 17.4 Å². The third-order valence-corrected chi connectivity index (χ3v) is 1.72. The summed E-state index contributed by atoms with van der Waals surface area (Å²) in [5.41, 5.74) is -0.121. The Morgan fingerprint density at radius 1 is 1.71 bits per heavy atom. The average molecular weight is 212 g/mol. The third kappa shape index (κ3) is 1.98. The summed E-state index contributed by atoms with van der Waals surface area (Å²) < 4.78 is 4.69. The molecule has 0 unspecified atom stereocenters. The normalized spacial score (nSPS) is 9.21. The highest BCUT2D eigenvalue weighted by Gasteiger charge is 2.16. The fourth-order valence-corrected chi connectivity index (χ4v) is 1.01. The number of rotatable bonds is 2. The second-order valence-electron chi connectivity index (χ2n) is 2.22. The maximum absolute atomic E-state index is 11.2. The summed E-state index contributed by atoms with van der Waals surface area (Å²) in [6, 6.07) is 1.74. The van der Waals surface area contributed by atoms with E-state index in [4.69, 9.17) is 16.9 Å². The van der Waals surface area contributed by atoms with Crippen molar-refractivity contribution in [2.24, 2.45) is 0 Å². The molecule has 72 valence electrons. The number of carbonyl (C=O) groups is 1. The first-order chi connectivity index (χ1) is 6.70. The highest BCUT2D eigenvalue weighted by molar-refractivity contribution is 6.34.